The fourth-order valence-corrected chi connectivity index (χ4v) is 1.74. The zero-order valence-corrected chi connectivity index (χ0v) is 9.12. The van der Waals surface area contributed by atoms with Crippen molar-refractivity contribution >= 4 is 16.7 Å². The topological polar surface area (TPSA) is 49.9 Å². The number of ketones is 1. The summed E-state index contributed by atoms with van der Waals surface area (Å²) in [6, 6.07) is 7.21. The van der Waals surface area contributed by atoms with E-state index in [-0.39, 0.29) is 16.8 Å². The highest BCUT2D eigenvalue weighted by atomic mass is 16.1. The third kappa shape index (κ3) is 1.76. The summed E-state index contributed by atoms with van der Waals surface area (Å²) in [7, 11) is 0. The van der Waals surface area contributed by atoms with Crippen LogP contribution in [0.4, 0.5) is 0 Å². The second kappa shape index (κ2) is 4.31. The molecule has 0 aliphatic carbocycles. The number of rotatable bonds is 3. The molecule has 0 atom stereocenters. The van der Waals surface area contributed by atoms with E-state index in [4.69, 9.17) is 0 Å². The second-order valence-corrected chi connectivity index (χ2v) is 3.75. The first-order chi connectivity index (χ1) is 7.74. The molecule has 16 heavy (non-hydrogen) atoms. The Morgan fingerprint density at radius 3 is 2.81 bits per heavy atom. The van der Waals surface area contributed by atoms with E-state index >= 15 is 0 Å². The average Bonchev–Trinajstić information content (AvgIpc) is 2.30. The fraction of sp³-hybridized carbons (Fsp3) is 0.231. The first-order valence-electron chi connectivity index (χ1n) is 5.37. The SMILES string of the molecule is CCCC(=O)c1c[nH]c2ccccc2c1=O. The Morgan fingerprint density at radius 1 is 1.31 bits per heavy atom. The quantitative estimate of drug-likeness (QED) is 0.800. The summed E-state index contributed by atoms with van der Waals surface area (Å²) in [6.45, 7) is 1.92. The normalized spacial score (nSPS) is 10.6. The highest BCUT2D eigenvalue weighted by molar-refractivity contribution is 5.98. The molecular formula is C13H13NO2. The Kier molecular flexibility index (Phi) is 2.86. The van der Waals surface area contributed by atoms with Gasteiger partial charge in [0.05, 0.1) is 5.56 Å². The molecule has 0 fully saturated rings. The summed E-state index contributed by atoms with van der Waals surface area (Å²) in [6.07, 6.45) is 2.69. The number of hydrogen-bond acceptors (Lipinski definition) is 2. The van der Waals surface area contributed by atoms with Gasteiger partial charge >= 0.3 is 0 Å². The van der Waals surface area contributed by atoms with Crippen LogP contribution in [-0.4, -0.2) is 10.8 Å². The van der Waals surface area contributed by atoms with E-state index in [1.165, 1.54) is 6.20 Å². The van der Waals surface area contributed by atoms with Crippen LogP contribution < -0.4 is 5.43 Å². The summed E-state index contributed by atoms with van der Waals surface area (Å²) in [5, 5.41) is 0.574. The fourth-order valence-electron chi connectivity index (χ4n) is 1.74. The number of aromatic amines is 1. The maximum absolute atomic E-state index is 12.0. The predicted octanol–water partition coefficient (Wildman–Crippen LogP) is 2.51. The predicted molar refractivity (Wildman–Crippen MR) is 63.8 cm³/mol. The molecule has 2 aromatic rings. The van der Waals surface area contributed by atoms with Gasteiger partial charge in [0.1, 0.15) is 0 Å². The first kappa shape index (κ1) is 10.6. The third-order valence-electron chi connectivity index (χ3n) is 2.57. The molecule has 1 aromatic carbocycles. The molecule has 0 aliphatic rings. The molecule has 0 amide bonds. The Morgan fingerprint density at radius 2 is 2.06 bits per heavy atom. The van der Waals surface area contributed by atoms with Crippen molar-refractivity contribution in [1.29, 1.82) is 0 Å². The molecule has 0 saturated heterocycles. The molecular weight excluding hydrogens is 202 g/mol. The van der Waals surface area contributed by atoms with Crippen LogP contribution in [0.2, 0.25) is 0 Å². The summed E-state index contributed by atoms with van der Waals surface area (Å²) in [5.41, 5.74) is 0.855. The molecule has 1 aromatic heterocycles. The molecule has 82 valence electrons. The van der Waals surface area contributed by atoms with E-state index in [1.54, 1.807) is 12.1 Å². The zero-order chi connectivity index (χ0) is 11.5. The van der Waals surface area contributed by atoms with Gasteiger partial charge in [0.25, 0.3) is 0 Å². The number of benzene rings is 1. The number of Topliss-reactive ketones (excluding diaryl/α,β-unsaturated/α-hetero) is 1. The molecule has 3 heteroatoms. The number of aromatic nitrogens is 1. The molecule has 0 saturated carbocycles. The van der Waals surface area contributed by atoms with E-state index in [9.17, 15) is 9.59 Å². The summed E-state index contributed by atoms with van der Waals surface area (Å²) >= 11 is 0. The van der Waals surface area contributed by atoms with E-state index in [2.05, 4.69) is 4.98 Å². The van der Waals surface area contributed by atoms with Crippen LogP contribution in [0, 0.1) is 0 Å². The van der Waals surface area contributed by atoms with Crippen LogP contribution in [0.1, 0.15) is 30.1 Å². The van der Waals surface area contributed by atoms with Crippen LogP contribution in [0.25, 0.3) is 10.9 Å². The number of hydrogen-bond donors (Lipinski definition) is 1. The molecule has 0 bridgehead atoms. The van der Waals surface area contributed by atoms with Gasteiger partial charge in [-0.3, -0.25) is 9.59 Å². The highest BCUT2D eigenvalue weighted by Crippen LogP contribution is 2.08. The maximum Gasteiger partial charge on any atom is 0.200 e. The molecule has 0 aliphatic heterocycles. The average molecular weight is 215 g/mol. The van der Waals surface area contributed by atoms with Gasteiger partial charge in [0.2, 0.25) is 0 Å². The Hall–Kier alpha value is -1.90. The lowest BCUT2D eigenvalue weighted by molar-refractivity contribution is 0.0980. The lowest BCUT2D eigenvalue weighted by Crippen LogP contribution is -2.15. The zero-order valence-electron chi connectivity index (χ0n) is 9.12. The largest absolute Gasteiger partial charge is 0.360 e. The third-order valence-corrected chi connectivity index (χ3v) is 2.57. The van der Waals surface area contributed by atoms with Crippen LogP contribution in [-0.2, 0) is 0 Å². The molecule has 0 spiro atoms. The molecule has 0 unspecified atom stereocenters. The lowest BCUT2D eigenvalue weighted by Gasteiger charge is -2.01. The van der Waals surface area contributed by atoms with Gasteiger partial charge in [0.15, 0.2) is 11.2 Å². The second-order valence-electron chi connectivity index (χ2n) is 3.75. The van der Waals surface area contributed by atoms with Crippen LogP contribution in [0.15, 0.2) is 35.3 Å². The van der Waals surface area contributed by atoms with Crippen molar-refractivity contribution in [2.24, 2.45) is 0 Å². The number of nitrogens with one attached hydrogen (secondary N) is 1. The number of carbonyl (C=O) groups is 1. The Bertz CT molecular complexity index is 584. The van der Waals surface area contributed by atoms with E-state index in [0.717, 1.165) is 11.9 Å². The van der Waals surface area contributed by atoms with Gasteiger partial charge in [-0.15, -0.1) is 0 Å². The number of H-pyrrole nitrogens is 1. The monoisotopic (exact) mass is 215 g/mol. The Balaban J connectivity index is 2.61. The van der Waals surface area contributed by atoms with Crippen LogP contribution >= 0.6 is 0 Å². The van der Waals surface area contributed by atoms with E-state index in [0.29, 0.717) is 11.8 Å². The minimum atomic E-state index is -0.173. The van der Waals surface area contributed by atoms with Gasteiger partial charge < -0.3 is 4.98 Å². The first-order valence-corrected chi connectivity index (χ1v) is 5.37. The van der Waals surface area contributed by atoms with Crippen molar-refractivity contribution in [2.75, 3.05) is 0 Å². The van der Waals surface area contributed by atoms with E-state index in [1.807, 2.05) is 19.1 Å². The molecule has 3 nitrogen and oxygen atoms in total. The number of pyridine rings is 1. The highest BCUT2D eigenvalue weighted by Gasteiger charge is 2.11. The maximum atomic E-state index is 12.0. The Labute approximate surface area is 93.1 Å². The standard InChI is InChI=1S/C13H13NO2/c1-2-5-12(15)10-8-14-11-7-4-3-6-9(11)13(10)16/h3-4,6-8H,2,5H2,1H3,(H,14,16). The van der Waals surface area contributed by atoms with Gasteiger partial charge in [-0.1, -0.05) is 19.1 Å². The summed E-state index contributed by atoms with van der Waals surface area (Å²) in [5.74, 6) is -0.0884. The van der Waals surface area contributed by atoms with Crippen molar-refractivity contribution in [3.8, 4) is 0 Å². The lowest BCUT2D eigenvalue weighted by atomic mass is 10.1. The summed E-state index contributed by atoms with van der Waals surface area (Å²) < 4.78 is 0. The molecule has 0 radical (unpaired) electrons. The van der Waals surface area contributed by atoms with Crippen LogP contribution in [0.5, 0.6) is 0 Å². The van der Waals surface area contributed by atoms with Gasteiger partial charge in [-0.25, -0.2) is 0 Å². The van der Waals surface area contributed by atoms with E-state index < -0.39 is 0 Å². The molecule has 1 heterocycles. The number of fused-ring (bicyclic) bond motifs is 1. The van der Waals surface area contributed by atoms with Crippen molar-refractivity contribution in [2.45, 2.75) is 19.8 Å². The van der Waals surface area contributed by atoms with Crippen molar-refractivity contribution in [3.63, 3.8) is 0 Å². The van der Waals surface area contributed by atoms with Crippen LogP contribution in [0.3, 0.4) is 0 Å². The van der Waals surface area contributed by atoms with Crippen molar-refractivity contribution < 1.29 is 4.79 Å². The molecule has 2 rings (SSSR count). The van der Waals surface area contributed by atoms with Gasteiger partial charge in [-0.05, 0) is 18.6 Å². The minimum Gasteiger partial charge on any atom is -0.360 e. The summed E-state index contributed by atoms with van der Waals surface area (Å²) in [4.78, 5) is 26.7. The number of carbonyl (C=O) groups excluding carboxylic acids is 1. The smallest absolute Gasteiger partial charge is 0.200 e. The van der Waals surface area contributed by atoms with Crippen molar-refractivity contribution in [3.05, 3.63) is 46.2 Å². The number of para-hydroxylation sites is 1. The van der Waals surface area contributed by atoms with Gasteiger partial charge in [0, 0.05) is 23.5 Å². The minimum absolute atomic E-state index is 0.0884. The molecule has 1 N–H and O–H groups in total. The van der Waals surface area contributed by atoms with Gasteiger partial charge in [-0.2, -0.15) is 0 Å². The van der Waals surface area contributed by atoms with Crippen molar-refractivity contribution in [1.82, 2.24) is 4.98 Å².